The first-order valence-electron chi connectivity index (χ1n) is 7.69. The molecule has 1 aromatic carbocycles. The highest BCUT2D eigenvalue weighted by atomic mass is 15.1. The van der Waals surface area contributed by atoms with Crippen LogP contribution in [0.2, 0.25) is 0 Å². The number of pyridine rings is 1. The van der Waals surface area contributed by atoms with E-state index in [1.54, 1.807) is 0 Å². The van der Waals surface area contributed by atoms with Crippen LogP contribution >= 0.6 is 0 Å². The molecule has 0 N–H and O–H groups in total. The molecule has 1 fully saturated rings. The Kier molecular flexibility index (Phi) is 3.31. The van der Waals surface area contributed by atoms with Crippen molar-refractivity contribution in [1.29, 1.82) is 0 Å². The number of rotatable bonds is 2. The molecule has 0 aliphatic carbocycles. The van der Waals surface area contributed by atoms with Crippen molar-refractivity contribution in [2.75, 3.05) is 13.6 Å². The van der Waals surface area contributed by atoms with Gasteiger partial charge in [-0.2, -0.15) is 0 Å². The van der Waals surface area contributed by atoms with Crippen LogP contribution in [0.1, 0.15) is 24.4 Å². The van der Waals surface area contributed by atoms with Gasteiger partial charge >= 0.3 is 0 Å². The average Bonchev–Trinajstić information content (AvgIpc) is 3.00. The summed E-state index contributed by atoms with van der Waals surface area (Å²) in [5.41, 5.74) is 3.31. The number of para-hydroxylation sites is 1. The summed E-state index contributed by atoms with van der Waals surface area (Å²) in [6.07, 6.45) is 8.10. The molecule has 0 radical (unpaired) electrons. The van der Waals surface area contributed by atoms with E-state index in [0.717, 1.165) is 28.8 Å². The van der Waals surface area contributed by atoms with E-state index in [1.165, 1.54) is 18.4 Å². The summed E-state index contributed by atoms with van der Waals surface area (Å²) in [5.74, 6) is 0.788. The molecule has 0 amide bonds. The molecular formula is C18H18N4. The van der Waals surface area contributed by atoms with E-state index in [0.29, 0.717) is 6.04 Å². The lowest BCUT2D eigenvalue weighted by Crippen LogP contribution is -2.18. The van der Waals surface area contributed by atoms with Gasteiger partial charge in [-0.05, 0) is 44.1 Å². The van der Waals surface area contributed by atoms with Gasteiger partial charge in [0.25, 0.3) is 0 Å². The van der Waals surface area contributed by atoms with Crippen LogP contribution in [0.25, 0.3) is 22.3 Å². The molecule has 22 heavy (non-hydrogen) atoms. The van der Waals surface area contributed by atoms with Gasteiger partial charge in [-0.25, -0.2) is 9.97 Å². The van der Waals surface area contributed by atoms with Crippen LogP contribution < -0.4 is 0 Å². The first-order valence-corrected chi connectivity index (χ1v) is 7.69. The Balaban J connectivity index is 1.84. The molecule has 1 saturated heterocycles. The number of fused-ring (bicyclic) bond motifs is 1. The highest BCUT2D eigenvalue weighted by Gasteiger charge is 2.25. The topological polar surface area (TPSA) is 41.9 Å². The maximum Gasteiger partial charge on any atom is 0.160 e. The Bertz CT molecular complexity index is 815. The first kappa shape index (κ1) is 13.3. The molecule has 4 rings (SSSR count). The average molecular weight is 290 g/mol. The third-order valence-electron chi connectivity index (χ3n) is 4.46. The second kappa shape index (κ2) is 5.46. The molecule has 0 bridgehead atoms. The van der Waals surface area contributed by atoms with Gasteiger partial charge in [0.15, 0.2) is 5.82 Å². The quantitative estimate of drug-likeness (QED) is 0.725. The predicted molar refractivity (Wildman–Crippen MR) is 87.4 cm³/mol. The van der Waals surface area contributed by atoms with Crippen molar-refractivity contribution in [2.24, 2.45) is 0 Å². The maximum absolute atomic E-state index is 4.75. The van der Waals surface area contributed by atoms with E-state index in [4.69, 9.17) is 4.98 Å². The lowest BCUT2D eigenvalue weighted by molar-refractivity contribution is 0.317. The number of likely N-dealkylation sites (tertiary alicyclic amines) is 1. The standard InChI is InChI=1S/C18H18N4/c1-22-10-4-7-17(22)15-12-19-9-8-14(15)18-20-11-13-5-2-3-6-16(13)21-18/h2-3,5-6,8-9,11-12,17H,4,7,10H2,1H3/t17-/m0/s1. The third-order valence-corrected chi connectivity index (χ3v) is 4.46. The summed E-state index contributed by atoms with van der Waals surface area (Å²) in [6.45, 7) is 1.14. The summed E-state index contributed by atoms with van der Waals surface area (Å²) < 4.78 is 0. The third kappa shape index (κ3) is 2.25. The van der Waals surface area contributed by atoms with Gasteiger partial charge in [-0.15, -0.1) is 0 Å². The number of nitrogens with zero attached hydrogens (tertiary/aromatic N) is 4. The van der Waals surface area contributed by atoms with Gasteiger partial charge in [-0.1, -0.05) is 18.2 Å². The van der Waals surface area contributed by atoms with Crippen LogP contribution in [0.5, 0.6) is 0 Å². The van der Waals surface area contributed by atoms with Crippen LogP contribution in [0.15, 0.2) is 48.9 Å². The molecule has 4 nitrogen and oxygen atoms in total. The lowest BCUT2D eigenvalue weighted by Gasteiger charge is -2.21. The van der Waals surface area contributed by atoms with E-state index in [9.17, 15) is 0 Å². The van der Waals surface area contributed by atoms with Gasteiger partial charge in [0.1, 0.15) is 0 Å². The van der Waals surface area contributed by atoms with Gasteiger partial charge in [0.05, 0.1) is 5.52 Å². The molecule has 1 aliphatic rings. The molecule has 1 atom stereocenters. The second-order valence-corrected chi connectivity index (χ2v) is 5.85. The molecule has 3 heterocycles. The maximum atomic E-state index is 4.75. The van der Waals surface area contributed by atoms with E-state index < -0.39 is 0 Å². The summed E-state index contributed by atoms with van der Waals surface area (Å²) in [6, 6.07) is 10.5. The molecule has 0 saturated carbocycles. The Labute approximate surface area is 129 Å². The van der Waals surface area contributed by atoms with Crippen molar-refractivity contribution in [3.05, 3.63) is 54.5 Å². The number of benzene rings is 1. The zero-order chi connectivity index (χ0) is 14.9. The first-order chi connectivity index (χ1) is 10.8. The fraction of sp³-hybridized carbons (Fsp3) is 0.278. The zero-order valence-corrected chi connectivity index (χ0v) is 12.6. The number of hydrogen-bond donors (Lipinski definition) is 0. The summed E-state index contributed by atoms with van der Waals surface area (Å²) in [4.78, 5) is 16.0. The number of hydrogen-bond acceptors (Lipinski definition) is 4. The lowest BCUT2D eigenvalue weighted by atomic mass is 10.0. The molecule has 3 aromatic rings. The molecule has 4 heteroatoms. The van der Waals surface area contributed by atoms with Gasteiger partial charge in [-0.3, -0.25) is 9.88 Å². The van der Waals surface area contributed by atoms with Crippen LogP contribution in [-0.4, -0.2) is 33.4 Å². The van der Waals surface area contributed by atoms with Crippen LogP contribution in [-0.2, 0) is 0 Å². The Morgan fingerprint density at radius 2 is 2.05 bits per heavy atom. The minimum atomic E-state index is 0.416. The zero-order valence-electron chi connectivity index (χ0n) is 12.6. The van der Waals surface area contributed by atoms with E-state index in [2.05, 4.69) is 21.9 Å². The normalized spacial score (nSPS) is 18.9. The molecule has 0 unspecified atom stereocenters. The SMILES string of the molecule is CN1CCC[C@H]1c1cnccc1-c1ncc2ccccc2n1. The molecule has 1 aliphatic heterocycles. The van der Waals surface area contributed by atoms with E-state index >= 15 is 0 Å². The minimum absolute atomic E-state index is 0.416. The van der Waals surface area contributed by atoms with Gasteiger partial charge in [0, 0.05) is 35.6 Å². The molecular weight excluding hydrogens is 272 g/mol. The van der Waals surface area contributed by atoms with Crippen molar-refractivity contribution in [3.63, 3.8) is 0 Å². The van der Waals surface area contributed by atoms with Crippen molar-refractivity contribution < 1.29 is 0 Å². The van der Waals surface area contributed by atoms with Crippen molar-refractivity contribution in [2.45, 2.75) is 18.9 Å². The number of aromatic nitrogens is 3. The van der Waals surface area contributed by atoms with Gasteiger partial charge in [0.2, 0.25) is 0 Å². The van der Waals surface area contributed by atoms with Gasteiger partial charge < -0.3 is 0 Å². The summed E-state index contributed by atoms with van der Waals surface area (Å²) in [5, 5.41) is 1.07. The monoisotopic (exact) mass is 290 g/mol. The Morgan fingerprint density at radius 3 is 2.91 bits per heavy atom. The van der Waals surface area contributed by atoms with E-state index in [-0.39, 0.29) is 0 Å². The molecule has 110 valence electrons. The van der Waals surface area contributed by atoms with Crippen molar-refractivity contribution >= 4 is 10.9 Å². The van der Waals surface area contributed by atoms with Crippen molar-refractivity contribution in [1.82, 2.24) is 19.9 Å². The van der Waals surface area contributed by atoms with Crippen LogP contribution in [0, 0.1) is 0 Å². The minimum Gasteiger partial charge on any atom is -0.299 e. The fourth-order valence-electron chi connectivity index (χ4n) is 3.28. The molecule has 0 spiro atoms. The highest BCUT2D eigenvalue weighted by Crippen LogP contribution is 2.35. The largest absolute Gasteiger partial charge is 0.299 e. The Morgan fingerprint density at radius 1 is 1.14 bits per heavy atom. The molecule has 2 aromatic heterocycles. The second-order valence-electron chi connectivity index (χ2n) is 5.85. The van der Waals surface area contributed by atoms with E-state index in [1.807, 2.05) is 48.9 Å². The summed E-state index contributed by atoms with van der Waals surface area (Å²) >= 11 is 0. The Hall–Kier alpha value is -2.33. The van der Waals surface area contributed by atoms with Crippen LogP contribution in [0.4, 0.5) is 0 Å². The van der Waals surface area contributed by atoms with Crippen molar-refractivity contribution in [3.8, 4) is 11.4 Å². The highest BCUT2D eigenvalue weighted by molar-refractivity contribution is 5.79. The summed E-state index contributed by atoms with van der Waals surface area (Å²) in [7, 11) is 2.18. The predicted octanol–water partition coefficient (Wildman–Crippen LogP) is 3.46. The smallest absolute Gasteiger partial charge is 0.160 e. The fourth-order valence-corrected chi connectivity index (χ4v) is 3.28. The van der Waals surface area contributed by atoms with Crippen LogP contribution in [0.3, 0.4) is 0 Å².